The number of nitrogens with two attached hydrogens (primary N) is 1. The molecule has 0 aliphatic heterocycles. The molecule has 0 saturated carbocycles. The summed E-state index contributed by atoms with van der Waals surface area (Å²) in [4.78, 5) is 15.2. The fourth-order valence-electron chi connectivity index (χ4n) is 0.652. The molecule has 0 radical (unpaired) electrons. The molecule has 0 rings (SSSR count). The largest absolute Gasteiger partial charge is 0.354 e. The van der Waals surface area contributed by atoms with Crippen molar-refractivity contribution in [2.75, 3.05) is 19.7 Å². The monoisotopic (exact) mass is 176 g/mol. The Kier molecular flexibility index (Phi) is 4.80. The Labute approximate surface area is 71.8 Å². The van der Waals surface area contributed by atoms with Crippen molar-refractivity contribution in [3.63, 3.8) is 0 Å². The second-order valence-electron chi connectivity index (χ2n) is 3.20. The van der Waals surface area contributed by atoms with Gasteiger partial charge in [0.1, 0.15) is 0 Å². The predicted molar refractivity (Wildman–Crippen MR) is 44.4 cm³/mol. The van der Waals surface area contributed by atoms with E-state index < -0.39 is 5.41 Å². The summed E-state index contributed by atoms with van der Waals surface area (Å²) in [5, 5.41) is 10.8. The van der Waals surface area contributed by atoms with Crippen molar-refractivity contribution in [2.45, 2.75) is 13.8 Å². The van der Waals surface area contributed by atoms with Gasteiger partial charge in [0.05, 0.1) is 12.0 Å². The minimum absolute atomic E-state index is 0.0244. The van der Waals surface area contributed by atoms with Gasteiger partial charge in [0.25, 0.3) is 0 Å². The summed E-state index contributed by atoms with van der Waals surface area (Å²) >= 11 is 0. The molecule has 0 spiro atoms. The molecule has 1 amide bonds. The Morgan fingerprint density at radius 2 is 2.25 bits per heavy atom. The number of carbonyl (C=O) groups is 1. The van der Waals surface area contributed by atoms with E-state index in [1.807, 2.05) is 0 Å². The fourth-order valence-corrected chi connectivity index (χ4v) is 0.652. The van der Waals surface area contributed by atoms with Gasteiger partial charge in [0.15, 0.2) is 0 Å². The number of nitrogens with one attached hydrogen (secondary N) is 1. The van der Waals surface area contributed by atoms with Crippen molar-refractivity contribution >= 4 is 5.91 Å². The molecular formula is C7H16N2O3. The van der Waals surface area contributed by atoms with Crippen LogP contribution in [0.2, 0.25) is 0 Å². The van der Waals surface area contributed by atoms with Crippen LogP contribution in [0.1, 0.15) is 13.8 Å². The van der Waals surface area contributed by atoms with E-state index in [0.29, 0.717) is 13.1 Å². The van der Waals surface area contributed by atoms with E-state index in [1.165, 1.54) is 0 Å². The Balaban J connectivity index is 3.88. The van der Waals surface area contributed by atoms with Gasteiger partial charge in [-0.15, -0.1) is 0 Å². The molecule has 0 heterocycles. The van der Waals surface area contributed by atoms with Crippen molar-refractivity contribution in [1.29, 1.82) is 0 Å². The normalized spacial score (nSPS) is 11.3. The van der Waals surface area contributed by atoms with Gasteiger partial charge in [-0.25, -0.2) is 4.89 Å². The number of rotatable bonds is 5. The number of hydrogen-bond acceptors (Lipinski definition) is 4. The number of carbonyl (C=O) groups excluding carboxylic acids is 1. The van der Waals surface area contributed by atoms with E-state index in [1.54, 1.807) is 13.8 Å². The average molecular weight is 176 g/mol. The SMILES string of the molecule is CC(C)(COO)C(=O)NCCN. The van der Waals surface area contributed by atoms with Crippen LogP contribution in [0.5, 0.6) is 0 Å². The van der Waals surface area contributed by atoms with Gasteiger partial charge in [-0.2, -0.15) is 0 Å². The first-order valence-corrected chi connectivity index (χ1v) is 3.79. The van der Waals surface area contributed by atoms with Gasteiger partial charge in [0, 0.05) is 13.1 Å². The van der Waals surface area contributed by atoms with E-state index in [2.05, 4.69) is 10.2 Å². The Morgan fingerprint density at radius 1 is 1.67 bits per heavy atom. The van der Waals surface area contributed by atoms with Gasteiger partial charge in [0.2, 0.25) is 5.91 Å². The minimum atomic E-state index is -0.718. The Morgan fingerprint density at radius 3 is 2.67 bits per heavy atom. The van der Waals surface area contributed by atoms with Gasteiger partial charge in [-0.1, -0.05) is 0 Å². The maximum Gasteiger partial charge on any atom is 0.228 e. The molecule has 0 aromatic rings. The quantitative estimate of drug-likeness (QED) is 0.392. The molecule has 5 heteroatoms. The molecule has 0 saturated heterocycles. The van der Waals surface area contributed by atoms with Crippen molar-refractivity contribution in [2.24, 2.45) is 11.1 Å². The third kappa shape index (κ3) is 3.66. The molecule has 0 aromatic carbocycles. The van der Waals surface area contributed by atoms with Crippen LogP contribution in [0, 0.1) is 5.41 Å². The maximum atomic E-state index is 11.3. The topological polar surface area (TPSA) is 84.6 Å². The molecule has 0 aliphatic carbocycles. The minimum Gasteiger partial charge on any atom is -0.354 e. The molecule has 0 unspecified atom stereocenters. The lowest BCUT2D eigenvalue weighted by Crippen LogP contribution is -2.41. The van der Waals surface area contributed by atoms with Crippen molar-refractivity contribution in [3.05, 3.63) is 0 Å². The summed E-state index contributed by atoms with van der Waals surface area (Å²) in [7, 11) is 0. The first kappa shape index (κ1) is 11.4. The summed E-state index contributed by atoms with van der Waals surface area (Å²) in [6, 6.07) is 0. The molecule has 5 nitrogen and oxygen atoms in total. The predicted octanol–water partition coefficient (Wildman–Crippen LogP) is -0.423. The van der Waals surface area contributed by atoms with Crippen molar-refractivity contribution < 1.29 is 14.9 Å². The number of amides is 1. The first-order chi connectivity index (χ1) is 5.54. The Hall–Kier alpha value is -0.650. The van der Waals surface area contributed by atoms with Crippen LogP contribution in [-0.2, 0) is 9.68 Å². The average Bonchev–Trinajstić information content (AvgIpc) is 2.00. The summed E-state index contributed by atoms with van der Waals surface area (Å²) in [6.45, 7) is 4.17. The van der Waals surface area contributed by atoms with E-state index in [4.69, 9.17) is 11.0 Å². The van der Waals surface area contributed by atoms with Gasteiger partial charge in [-0.3, -0.25) is 10.1 Å². The number of hydrogen-bond donors (Lipinski definition) is 3. The summed E-state index contributed by atoms with van der Waals surface area (Å²) in [5.74, 6) is -0.179. The molecular weight excluding hydrogens is 160 g/mol. The van der Waals surface area contributed by atoms with Crippen LogP contribution in [0.25, 0.3) is 0 Å². The molecule has 4 N–H and O–H groups in total. The zero-order chi connectivity index (χ0) is 9.61. The van der Waals surface area contributed by atoms with Gasteiger partial charge >= 0.3 is 0 Å². The lowest BCUT2D eigenvalue weighted by molar-refractivity contribution is -0.257. The highest BCUT2D eigenvalue weighted by Gasteiger charge is 2.27. The van der Waals surface area contributed by atoms with Crippen LogP contribution in [0.4, 0.5) is 0 Å². The zero-order valence-corrected chi connectivity index (χ0v) is 7.46. The highest BCUT2D eigenvalue weighted by atomic mass is 17.1. The van der Waals surface area contributed by atoms with Crippen molar-refractivity contribution in [1.82, 2.24) is 5.32 Å². The molecule has 0 aliphatic rings. The molecule has 0 bridgehead atoms. The van der Waals surface area contributed by atoms with Crippen LogP contribution in [-0.4, -0.2) is 30.9 Å². The lowest BCUT2D eigenvalue weighted by Gasteiger charge is -2.20. The highest BCUT2D eigenvalue weighted by molar-refractivity contribution is 5.81. The second kappa shape index (κ2) is 5.08. The van der Waals surface area contributed by atoms with E-state index in [-0.39, 0.29) is 12.5 Å². The van der Waals surface area contributed by atoms with E-state index in [9.17, 15) is 4.79 Å². The van der Waals surface area contributed by atoms with Crippen molar-refractivity contribution in [3.8, 4) is 0 Å². The summed E-state index contributed by atoms with van der Waals surface area (Å²) in [6.07, 6.45) is 0. The third-order valence-electron chi connectivity index (χ3n) is 1.47. The molecule has 12 heavy (non-hydrogen) atoms. The highest BCUT2D eigenvalue weighted by Crippen LogP contribution is 2.14. The molecule has 0 fully saturated rings. The molecule has 0 aromatic heterocycles. The molecule has 72 valence electrons. The zero-order valence-electron chi connectivity index (χ0n) is 7.46. The molecule has 0 atom stereocenters. The van der Waals surface area contributed by atoms with Gasteiger partial charge in [-0.05, 0) is 13.8 Å². The summed E-state index contributed by atoms with van der Waals surface area (Å²) in [5.41, 5.74) is 4.48. The standard InChI is InChI=1S/C7H16N2O3/c1-7(2,5-12-11)6(10)9-4-3-8/h11H,3-5,8H2,1-2H3,(H,9,10). The lowest BCUT2D eigenvalue weighted by atomic mass is 9.94. The van der Waals surface area contributed by atoms with Gasteiger partial charge < -0.3 is 11.1 Å². The fraction of sp³-hybridized carbons (Fsp3) is 0.857. The maximum absolute atomic E-state index is 11.3. The van der Waals surface area contributed by atoms with E-state index in [0.717, 1.165) is 0 Å². The van der Waals surface area contributed by atoms with Crippen LogP contribution in [0.3, 0.4) is 0 Å². The van der Waals surface area contributed by atoms with E-state index >= 15 is 0 Å². The summed E-state index contributed by atoms with van der Waals surface area (Å²) < 4.78 is 0. The third-order valence-corrected chi connectivity index (χ3v) is 1.47. The van der Waals surface area contributed by atoms with Crippen LogP contribution < -0.4 is 11.1 Å². The van der Waals surface area contributed by atoms with Crippen LogP contribution in [0.15, 0.2) is 0 Å². The smallest absolute Gasteiger partial charge is 0.228 e. The first-order valence-electron chi connectivity index (χ1n) is 3.79. The second-order valence-corrected chi connectivity index (χ2v) is 3.20. The van der Waals surface area contributed by atoms with Crippen LogP contribution >= 0.6 is 0 Å². The Bertz CT molecular complexity index is 148.